The molecule has 0 aliphatic rings. The first-order valence-corrected chi connectivity index (χ1v) is 6.38. The number of nitrogens with zero attached hydrogens (tertiary/aromatic N) is 1. The smallest absolute Gasteiger partial charge is 0.325 e. The van der Waals surface area contributed by atoms with Crippen LogP contribution in [-0.4, -0.2) is 56.2 Å². The summed E-state index contributed by atoms with van der Waals surface area (Å²) in [7, 11) is 2.02. The van der Waals surface area contributed by atoms with Crippen LogP contribution in [0.3, 0.4) is 0 Å². The van der Waals surface area contributed by atoms with Crippen LogP contribution in [0.15, 0.2) is 0 Å². The van der Waals surface area contributed by atoms with Gasteiger partial charge in [-0.1, -0.05) is 6.92 Å². The third-order valence-electron chi connectivity index (χ3n) is 2.79. The van der Waals surface area contributed by atoms with Crippen LogP contribution in [0.25, 0.3) is 0 Å². The van der Waals surface area contributed by atoms with Crippen LogP contribution in [0.2, 0.25) is 0 Å². The zero-order valence-electron chi connectivity index (χ0n) is 11.8. The van der Waals surface area contributed by atoms with Crippen LogP contribution >= 0.6 is 0 Å². The SMILES string of the molecule is CCOC(=O)CNC(=O)NCCN(C)C(C)CC. The maximum absolute atomic E-state index is 11.3. The summed E-state index contributed by atoms with van der Waals surface area (Å²) in [5, 5.41) is 5.13. The highest BCUT2D eigenvalue weighted by molar-refractivity contribution is 5.80. The maximum Gasteiger partial charge on any atom is 0.325 e. The van der Waals surface area contributed by atoms with Gasteiger partial charge in [-0.3, -0.25) is 4.79 Å². The van der Waals surface area contributed by atoms with Gasteiger partial charge in [0, 0.05) is 19.1 Å². The fourth-order valence-corrected chi connectivity index (χ4v) is 1.30. The summed E-state index contributed by atoms with van der Waals surface area (Å²) >= 11 is 0. The molecule has 0 fully saturated rings. The van der Waals surface area contributed by atoms with Crippen molar-refractivity contribution in [2.75, 3.05) is 33.3 Å². The first-order valence-electron chi connectivity index (χ1n) is 6.38. The Balaban J connectivity index is 3.62. The fourth-order valence-electron chi connectivity index (χ4n) is 1.30. The van der Waals surface area contributed by atoms with Gasteiger partial charge in [0.25, 0.3) is 0 Å². The summed E-state index contributed by atoms with van der Waals surface area (Å²) in [6.45, 7) is 7.55. The Hall–Kier alpha value is -1.30. The number of esters is 1. The lowest BCUT2D eigenvalue weighted by atomic mass is 10.2. The average molecular weight is 259 g/mol. The Morgan fingerprint density at radius 2 is 1.94 bits per heavy atom. The first kappa shape index (κ1) is 16.7. The molecule has 106 valence electrons. The van der Waals surface area contributed by atoms with Crippen molar-refractivity contribution in [1.82, 2.24) is 15.5 Å². The van der Waals surface area contributed by atoms with Crippen molar-refractivity contribution in [2.45, 2.75) is 33.2 Å². The molecule has 0 radical (unpaired) electrons. The van der Waals surface area contributed by atoms with E-state index in [1.165, 1.54) is 0 Å². The fraction of sp³-hybridized carbons (Fsp3) is 0.833. The Bertz CT molecular complexity index is 259. The monoisotopic (exact) mass is 259 g/mol. The van der Waals surface area contributed by atoms with E-state index in [1.54, 1.807) is 6.92 Å². The van der Waals surface area contributed by atoms with E-state index in [0.717, 1.165) is 13.0 Å². The van der Waals surface area contributed by atoms with E-state index in [4.69, 9.17) is 4.74 Å². The van der Waals surface area contributed by atoms with Crippen molar-refractivity contribution >= 4 is 12.0 Å². The molecule has 6 heteroatoms. The molecule has 1 unspecified atom stereocenters. The quantitative estimate of drug-likeness (QED) is 0.626. The number of urea groups is 1. The lowest BCUT2D eigenvalue weighted by Crippen LogP contribution is -2.43. The number of nitrogens with one attached hydrogen (secondary N) is 2. The molecule has 2 amide bonds. The van der Waals surface area contributed by atoms with Crippen molar-refractivity contribution in [2.24, 2.45) is 0 Å². The molecule has 0 aromatic carbocycles. The van der Waals surface area contributed by atoms with Gasteiger partial charge in [-0.2, -0.15) is 0 Å². The minimum Gasteiger partial charge on any atom is -0.465 e. The van der Waals surface area contributed by atoms with Gasteiger partial charge in [0.15, 0.2) is 0 Å². The minimum atomic E-state index is -0.427. The van der Waals surface area contributed by atoms with Crippen molar-refractivity contribution in [3.63, 3.8) is 0 Å². The van der Waals surface area contributed by atoms with Gasteiger partial charge in [-0.25, -0.2) is 4.79 Å². The third kappa shape index (κ3) is 7.89. The molecule has 0 aliphatic carbocycles. The van der Waals surface area contributed by atoms with Gasteiger partial charge < -0.3 is 20.3 Å². The Morgan fingerprint density at radius 3 is 2.50 bits per heavy atom. The van der Waals surface area contributed by atoms with E-state index < -0.39 is 5.97 Å². The molecule has 0 heterocycles. The predicted molar refractivity (Wildman–Crippen MR) is 70.4 cm³/mol. The molecule has 1 atom stereocenters. The topological polar surface area (TPSA) is 70.7 Å². The average Bonchev–Trinajstić information content (AvgIpc) is 2.35. The molecular weight excluding hydrogens is 234 g/mol. The Labute approximate surface area is 109 Å². The van der Waals surface area contributed by atoms with Crippen LogP contribution in [0.5, 0.6) is 0 Å². The highest BCUT2D eigenvalue weighted by Crippen LogP contribution is 1.97. The van der Waals surface area contributed by atoms with Crippen LogP contribution < -0.4 is 10.6 Å². The molecule has 0 saturated carbocycles. The molecule has 2 N–H and O–H groups in total. The lowest BCUT2D eigenvalue weighted by Gasteiger charge is -2.23. The van der Waals surface area contributed by atoms with Crippen molar-refractivity contribution < 1.29 is 14.3 Å². The number of ether oxygens (including phenoxy) is 1. The van der Waals surface area contributed by atoms with E-state index in [1.807, 2.05) is 7.05 Å². The van der Waals surface area contributed by atoms with Gasteiger partial charge in [0.2, 0.25) is 0 Å². The summed E-state index contributed by atoms with van der Waals surface area (Å²) in [5.41, 5.74) is 0. The second-order valence-electron chi connectivity index (χ2n) is 4.15. The molecule has 0 aromatic rings. The molecule has 0 rings (SSSR count). The van der Waals surface area contributed by atoms with E-state index in [9.17, 15) is 9.59 Å². The van der Waals surface area contributed by atoms with Gasteiger partial charge in [-0.05, 0) is 27.3 Å². The van der Waals surface area contributed by atoms with Gasteiger partial charge in [0.05, 0.1) is 6.61 Å². The number of hydrogen-bond donors (Lipinski definition) is 2. The minimum absolute atomic E-state index is 0.0964. The number of likely N-dealkylation sites (N-methyl/N-ethyl adjacent to an activating group) is 1. The summed E-state index contributed by atoms with van der Waals surface area (Å²) in [6.07, 6.45) is 1.07. The van der Waals surface area contributed by atoms with E-state index >= 15 is 0 Å². The standard InChI is InChI=1S/C12H25N3O3/c1-5-10(3)15(4)8-7-13-12(17)14-9-11(16)18-6-2/h10H,5-9H2,1-4H3,(H2,13,14,17). The number of amides is 2. The third-order valence-corrected chi connectivity index (χ3v) is 2.79. The second-order valence-corrected chi connectivity index (χ2v) is 4.15. The Morgan fingerprint density at radius 1 is 1.28 bits per heavy atom. The zero-order chi connectivity index (χ0) is 14.0. The van der Waals surface area contributed by atoms with Crippen LogP contribution in [0, 0.1) is 0 Å². The van der Waals surface area contributed by atoms with Crippen LogP contribution in [-0.2, 0) is 9.53 Å². The van der Waals surface area contributed by atoms with Gasteiger partial charge >= 0.3 is 12.0 Å². The molecule has 18 heavy (non-hydrogen) atoms. The number of carbonyl (C=O) groups is 2. The molecule has 0 aromatic heterocycles. The van der Waals surface area contributed by atoms with E-state index in [2.05, 4.69) is 29.4 Å². The number of carbonyl (C=O) groups excluding carboxylic acids is 2. The summed E-state index contributed by atoms with van der Waals surface area (Å²) in [4.78, 5) is 24.5. The van der Waals surface area contributed by atoms with Crippen LogP contribution in [0.4, 0.5) is 4.79 Å². The summed E-state index contributed by atoms with van der Waals surface area (Å²) in [5.74, 6) is -0.427. The highest BCUT2D eigenvalue weighted by atomic mass is 16.5. The maximum atomic E-state index is 11.3. The molecular formula is C12H25N3O3. The highest BCUT2D eigenvalue weighted by Gasteiger charge is 2.08. The molecule has 0 bridgehead atoms. The number of rotatable bonds is 8. The Kier molecular flexibility index (Phi) is 9.00. The summed E-state index contributed by atoms with van der Waals surface area (Å²) in [6, 6.07) is 0.148. The van der Waals surface area contributed by atoms with Gasteiger partial charge in [0.1, 0.15) is 6.54 Å². The van der Waals surface area contributed by atoms with Crippen molar-refractivity contribution in [1.29, 1.82) is 0 Å². The first-order chi connectivity index (χ1) is 8.51. The zero-order valence-corrected chi connectivity index (χ0v) is 11.8. The molecule has 6 nitrogen and oxygen atoms in total. The van der Waals surface area contributed by atoms with Gasteiger partial charge in [-0.15, -0.1) is 0 Å². The lowest BCUT2D eigenvalue weighted by molar-refractivity contribution is -0.141. The van der Waals surface area contributed by atoms with Crippen LogP contribution in [0.1, 0.15) is 27.2 Å². The normalized spacial score (nSPS) is 12.1. The van der Waals surface area contributed by atoms with E-state index in [-0.39, 0.29) is 12.6 Å². The molecule has 0 saturated heterocycles. The van der Waals surface area contributed by atoms with Crippen molar-refractivity contribution in [3.05, 3.63) is 0 Å². The predicted octanol–water partition coefficient (Wildman–Crippen LogP) is 0.579. The largest absolute Gasteiger partial charge is 0.465 e. The van der Waals surface area contributed by atoms with Crippen molar-refractivity contribution in [3.8, 4) is 0 Å². The van der Waals surface area contributed by atoms with E-state index in [0.29, 0.717) is 19.2 Å². The number of hydrogen-bond acceptors (Lipinski definition) is 4. The molecule has 0 spiro atoms. The summed E-state index contributed by atoms with van der Waals surface area (Å²) < 4.78 is 4.69. The second kappa shape index (κ2) is 9.70. The molecule has 0 aliphatic heterocycles.